The molecule has 0 spiro atoms. The summed E-state index contributed by atoms with van der Waals surface area (Å²) >= 11 is 1.62. The lowest BCUT2D eigenvalue weighted by Crippen LogP contribution is -1.88. The standard InChI is InChI=1S/C13H13NO2S/c1-16-11-7-6-9(8-12(11)17-2)10-4-3-5-13(15)14-10/h3-8H,1-2H3,(H,14,15). The van der Waals surface area contributed by atoms with Crippen molar-refractivity contribution in [3.8, 4) is 22.9 Å². The number of hydrogen-bond donors (Lipinski definition) is 1. The molecule has 0 saturated carbocycles. The summed E-state index contributed by atoms with van der Waals surface area (Å²) in [5, 5.41) is 9.36. The van der Waals surface area contributed by atoms with E-state index >= 15 is 0 Å². The fourth-order valence-corrected chi connectivity index (χ4v) is 2.18. The molecule has 2 aromatic rings. The molecule has 0 bridgehead atoms. The summed E-state index contributed by atoms with van der Waals surface area (Å²) in [5.41, 5.74) is 1.72. The molecule has 4 heteroatoms. The third kappa shape index (κ3) is 2.53. The van der Waals surface area contributed by atoms with Gasteiger partial charge in [-0.1, -0.05) is 6.07 Å². The second kappa shape index (κ2) is 5.10. The van der Waals surface area contributed by atoms with Crippen LogP contribution in [0.2, 0.25) is 0 Å². The minimum absolute atomic E-state index is 0.0315. The third-order valence-corrected chi connectivity index (χ3v) is 3.17. The molecule has 88 valence electrons. The molecule has 0 aliphatic rings. The Morgan fingerprint density at radius 1 is 1.24 bits per heavy atom. The number of thioether (sulfide) groups is 1. The molecule has 2 rings (SSSR count). The summed E-state index contributed by atoms with van der Waals surface area (Å²) in [6.45, 7) is 0. The van der Waals surface area contributed by atoms with E-state index in [1.165, 1.54) is 0 Å². The highest BCUT2D eigenvalue weighted by Crippen LogP contribution is 2.32. The van der Waals surface area contributed by atoms with Crippen molar-refractivity contribution in [2.75, 3.05) is 13.4 Å². The zero-order chi connectivity index (χ0) is 12.3. The van der Waals surface area contributed by atoms with Crippen molar-refractivity contribution < 1.29 is 9.84 Å². The van der Waals surface area contributed by atoms with Crippen LogP contribution in [0.4, 0.5) is 0 Å². The first-order chi connectivity index (χ1) is 8.24. The predicted octanol–water partition coefficient (Wildman–Crippen LogP) is 3.18. The molecule has 1 aromatic carbocycles. The Hall–Kier alpha value is -1.68. The van der Waals surface area contributed by atoms with Gasteiger partial charge in [-0.3, -0.25) is 0 Å². The second-order valence-electron chi connectivity index (χ2n) is 3.45. The van der Waals surface area contributed by atoms with Crippen LogP contribution in [0.15, 0.2) is 41.3 Å². The molecule has 0 aliphatic heterocycles. The Balaban J connectivity index is 2.46. The summed E-state index contributed by atoms with van der Waals surface area (Å²) in [4.78, 5) is 5.13. The van der Waals surface area contributed by atoms with Crippen LogP contribution >= 0.6 is 11.8 Å². The number of nitrogens with zero attached hydrogens (tertiary/aromatic N) is 1. The molecule has 17 heavy (non-hydrogen) atoms. The first-order valence-corrected chi connectivity index (χ1v) is 6.35. The smallest absolute Gasteiger partial charge is 0.211 e. The molecule has 0 aliphatic carbocycles. The van der Waals surface area contributed by atoms with E-state index in [9.17, 15) is 5.11 Å². The SMILES string of the molecule is COc1ccc(-c2cccc(O)n2)cc1SC. The van der Waals surface area contributed by atoms with Gasteiger partial charge in [0.2, 0.25) is 5.88 Å². The highest BCUT2D eigenvalue weighted by Gasteiger charge is 2.06. The molecule has 1 N–H and O–H groups in total. The van der Waals surface area contributed by atoms with Gasteiger partial charge in [0, 0.05) is 16.5 Å². The number of hydrogen-bond acceptors (Lipinski definition) is 4. The van der Waals surface area contributed by atoms with Crippen molar-refractivity contribution in [3.63, 3.8) is 0 Å². The summed E-state index contributed by atoms with van der Waals surface area (Å²) in [6, 6.07) is 11.0. The highest BCUT2D eigenvalue weighted by molar-refractivity contribution is 7.98. The van der Waals surface area contributed by atoms with Gasteiger partial charge in [0.1, 0.15) is 5.75 Å². The number of rotatable bonds is 3. The number of ether oxygens (including phenoxy) is 1. The van der Waals surface area contributed by atoms with Gasteiger partial charge in [-0.15, -0.1) is 11.8 Å². The number of aromatic nitrogens is 1. The van der Waals surface area contributed by atoms with E-state index in [4.69, 9.17) is 4.74 Å². The monoisotopic (exact) mass is 247 g/mol. The van der Waals surface area contributed by atoms with Crippen molar-refractivity contribution in [3.05, 3.63) is 36.4 Å². The van der Waals surface area contributed by atoms with Crippen LogP contribution in [0.5, 0.6) is 11.6 Å². The van der Waals surface area contributed by atoms with E-state index in [-0.39, 0.29) is 5.88 Å². The largest absolute Gasteiger partial charge is 0.496 e. The lowest BCUT2D eigenvalue weighted by Gasteiger charge is -2.08. The van der Waals surface area contributed by atoms with Gasteiger partial charge in [0.15, 0.2) is 0 Å². The Morgan fingerprint density at radius 3 is 2.71 bits per heavy atom. The van der Waals surface area contributed by atoms with Gasteiger partial charge < -0.3 is 9.84 Å². The molecule has 3 nitrogen and oxygen atoms in total. The second-order valence-corrected chi connectivity index (χ2v) is 4.30. The van der Waals surface area contributed by atoms with Crippen molar-refractivity contribution in [1.29, 1.82) is 0 Å². The first-order valence-electron chi connectivity index (χ1n) is 5.13. The normalized spacial score (nSPS) is 10.2. The van der Waals surface area contributed by atoms with Crippen LogP contribution < -0.4 is 4.74 Å². The summed E-state index contributed by atoms with van der Waals surface area (Å²) < 4.78 is 5.26. The first kappa shape index (κ1) is 11.8. The van der Waals surface area contributed by atoms with Crippen LogP contribution in [0.1, 0.15) is 0 Å². The number of aromatic hydroxyl groups is 1. The zero-order valence-electron chi connectivity index (χ0n) is 9.68. The van der Waals surface area contributed by atoms with E-state index in [2.05, 4.69) is 4.98 Å². The summed E-state index contributed by atoms with van der Waals surface area (Å²) in [7, 11) is 1.65. The van der Waals surface area contributed by atoms with E-state index in [0.717, 1.165) is 21.9 Å². The van der Waals surface area contributed by atoms with E-state index < -0.39 is 0 Å². The van der Waals surface area contributed by atoms with Crippen LogP contribution in [-0.2, 0) is 0 Å². The molecule has 0 radical (unpaired) electrons. The maximum atomic E-state index is 9.36. The van der Waals surface area contributed by atoms with E-state index in [1.807, 2.05) is 30.5 Å². The number of pyridine rings is 1. The molecule has 0 atom stereocenters. The number of methoxy groups -OCH3 is 1. The van der Waals surface area contributed by atoms with Gasteiger partial charge in [-0.25, -0.2) is 4.98 Å². The highest BCUT2D eigenvalue weighted by atomic mass is 32.2. The van der Waals surface area contributed by atoms with Gasteiger partial charge in [-0.05, 0) is 30.5 Å². The Labute approximate surface area is 104 Å². The molecule has 0 saturated heterocycles. The molecular weight excluding hydrogens is 234 g/mol. The Bertz CT molecular complexity index is 529. The van der Waals surface area contributed by atoms with Crippen LogP contribution in [0.25, 0.3) is 11.3 Å². The van der Waals surface area contributed by atoms with Crippen molar-refractivity contribution in [2.45, 2.75) is 4.90 Å². The topological polar surface area (TPSA) is 42.4 Å². The average molecular weight is 247 g/mol. The van der Waals surface area contributed by atoms with E-state index in [1.54, 1.807) is 31.0 Å². The van der Waals surface area contributed by atoms with Crippen molar-refractivity contribution in [1.82, 2.24) is 4.98 Å². The van der Waals surface area contributed by atoms with Crippen LogP contribution in [0, 0.1) is 0 Å². The summed E-state index contributed by atoms with van der Waals surface area (Å²) in [5.74, 6) is 0.880. The quantitative estimate of drug-likeness (QED) is 0.846. The Kier molecular flexibility index (Phi) is 3.54. The van der Waals surface area contributed by atoms with E-state index in [0.29, 0.717) is 0 Å². The van der Waals surface area contributed by atoms with Gasteiger partial charge in [0.05, 0.1) is 12.8 Å². The van der Waals surface area contributed by atoms with Crippen LogP contribution in [-0.4, -0.2) is 23.5 Å². The lowest BCUT2D eigenvalue weighted by molar-refractivity contribution is 0.405. The minimum Gasteiger partial charge on any atom is -0.496 e. The number of benzene rings is 1. The maximum Gasteiger partial charge on any atom is 0.211 e. The van der Waals surface area contributed by atoms with Crippen molar-refractivity contribution >= 4 is 11.8 Å². The minimum atomic E-state index is 0.0315. The van der Waals surface area contributed by atoms with Gasteiger partial charge in [0.25, 0.3) is 0 Å². The molecule has 1 heterocycles. The van der Waals surface area contributed by atoms with Gasteiger partial charge >= 0.3 is 0 Å². The fraction of sp³-hybridized carbons (Fsp3) is 0.154. The van der Waals surface area contributed by atoms with Crippen molar-refractivity contribution in [2.24, 2.45) is 0 Å². The van der Waals surface area contributed by atoms with Gasteiger partial charge in [-0.2, -0.15) is 0 Å². The molecular formula is C13H13NO2S. The predicted molar refractivity (Wildman–Crippen MR) is 69.7 cm³/mol. The van der Waals surface area contributed by atoms with Crippen LogP contribution in [0.3, 0.4) is 0 Å². The molecule has 0 fully saturated rings. The Morgan fingerprint density at radius 2 is 2.06 bits per heavy atom. The average Bonchev–Trinajstić information content (AvgIpc) is 2.38. The fourth-order valence-electron chi connectivity index (χ4n) is 1.58. The lowest BCUT2D eigenvalue weighted by atomic mass is 10.1. The summed E-state index contributed by atoms with van der Waals surface area (Å²) in [6.07, 6.45) is 2.00. The molecule has 0 unspecified atom stereocenters. The molecule has 0 amide bonds. The maximum absolute atomic E-state index is 9.36. The molecule has 1 aromatic heterocycles. The zero-order valence-corrected chi connectivity index (χ0v) is 10.5. The third-order valence-electron chi connectivity index (χ3n) is 2.41.